The molecule has 0 aromatic heterocycles. The highest BCUT2D eigenvalue weighted by atomic mass is 19.1. The quantitative estimate of drug-likeness (QED) is 0.691. The van der Waals surface area contributed by atoms with Crippen LogP contribution in [0.4, 0.5) is 10.1 Å². The normalized spacial score (nSPS) is 21.1. The number of benzene rings is 2. The Bertz CT molecular complexity index is 1090. The number of rotatable bonds is 4. The van der Waals surface area contributed by atoms with Gasteiger partial charge in [0.05, 0.1) is 17.7 Å². The first-order valence-corrected chi connectivity index (χ1v) is 12.1. The van der Waals surface area contributed by atoms with Gasteiger partial charge >= 0.3 is 0 Å². The zero-order valence-corrected chi connectivity index (χ0v) is 21.4. The van der Waals surface area contributed by atoms with Gasteiger partial charge in [0.15, 0.2) is 0 Å². The lowest BCUT2D eigenvalue weighted by molar-refractivity contribution is -0.115. The Balaban J connectivity index is 1.98. The fourth-order valence-electron chi connectivity index (χ4n) is 4.14. The third-order valence-electron chi connectivity index (χ3n) is 6.40. The Labute approximate surface area is 211 Å². The predicted octanol–water partition coefficient (Wildman–Crippen LogP) is 3.82. The SMILES string of the molecule is CCC(=O)Nc1ccc2c(c1)C(=O)N(C)C[C@H](OC)[C@H](C)CN(C(=O)c1ccc(F)cc1)[C@H](C)CO2. The monoisotopic (exact) mass is 499 g/mol. The number of hydrogen-bond donors (Lipinski definition) is 1. The van der Waals surface area contributed by atoms with Crippen LogP contribution < -0.4 is 10.1 Å². The molecule has 194 valence electrons. The molecular formula is C27H34FN3O5. The molecule has 0 fully saturated rings. The third-order valence-corrected chi connectivity index (χ3v) is 6.40. The molecule has 0 unspecified atom stereocenters. The zero-order valence-electron chi connectivity index (χ0n) is 21.4. The van der Waals surface area contributed by atoms with E-state index in [-0.39, 0.29) is 48.9 Å². The first-order chi connectivity index (χ1) is 17.1. The average molecular weight is 500 g/mol. The molecule has 1 aliphatic rings. The first kappa shape index (κ1) is 27.1. The summed E-state index contributed by atoms with van der Waals surface area (Å²) in [5.74, 6) is -0.854. The molecule has 0 radical (unpaired) electrons. The van der Waals surface area contributed by atoms with Crippen LogP contribution in [-0.4, -0.2) is 73.5 Å². The lowest BCUT2D eigenvalue weighted by Crippen LogP contribution is -2.48. The maximum Gasteiger partial charge on any atom is 0.257 e. The van der Waals surface area contributed by atoms with Crippen LogP contribution in [0.3, 0.4) is 0 Å². The summed E-state index contributed by atoms with van der Waals surface area (Å²) in [4.78, 5) is 41.9. The molecule has 9 heteroatoms. The Morgan fingerprint density at radius 3 is 2.47 bits per heavy atom. The number of methoxy groups -OCH3 is 1. The second-order valence-corrected chi connectivity index (χ2v) is 9.17. The molecular weight excluding hydrogens is 465 g/mol. The number of anilines is 1. The summed E-state index contributed by atoms with van der Waals surface area (Å²) >= 11 is 0. The van der Waals surface area contributed by atoms with Crippen molar-refractivity contribution in [3.8, 4) is 5.75 Å². The van der Waals surface area contributed by atoms with Gasteiger partial charge in [0.25, 0.3) is 11.8 Å². The summed E-state index contributed by atoms with van der Waals surface area (Å²) in [6, 6.07) is 10.0. The second-order valence-electron chi connectivity index (χ2n) is 9.17. The van der Waals surface area contributed by atoms with Crippen molar-refractivity contribution in [2.45, 2.75) is 39.3 Å². The molecule has 1 N–H and O–H groups in total. The molecule has 0 saturated heterocycles. The van der Waals surface area contributed by atoms with Gasteiger partial charge in [-0.1, -0.05) is 13.8 Å². The van der Waals surface area contributed by atoms with Crippen LogP contribution in [0.2, 0.25) is 0 Å². The highest BCUT2D eigenvalue weighted by molar-refractivity contribution is 5.99. The van der Waals surface area contributed by atoms with Gasteiger partial charge < -0.3 is 24.6 Å². The molecule has 2 aromatic carbocycles. The van der Waals surface area contributed by atoms with Crippen molar-refractivity contribution in [2.24, 2.45) is 5.92 Å². The van der Waals surface area contributed by atoms with E-state index in [1.165, 1.54) is 24.3 Å². The number of likely N-dealkylation sites (N-methyl/N-ethyl adjacent to an activating group) is 1. The molecule has 1 heterocycles. The molecule has 3 atom stereocenters. The van der Waals surface area contributed by atoms with Gasteiger partial charge in [-0.2, -0.15) is 0 Å². The van der Waals surface area contributed by atoms with Crippen molar-refractivity contribution >= 4 is 23.4 Å². The predicted molar refractivity (Wildman–Crippen MR) is 135 cm³/mol. The third kappa shape index (κ3) is 6.40. The van der Waals surface area contributed by atoms with E-state index in [0.29, 0.717) is 35.5 Å². The highest BCUT2D eigenvalue weighted by Crippen LogP contribution is 2.27. The van der Waals surface area contributed by atoms with Crippen molar-refractivity contribution in [1.29, 1.82) is 0 Å². The zero-order chi connectivity index (χ0) is 26.4. The Kier molecular flexibility index (Phi) is 9.03. The number of fused-ring (bicyclic) bond motifs is 1. The van der Waals surface area contributed by atoms with Crippen molar-refractivity contribution in [3.63, 3.8) is 0 Å². The molecule has 0 saturated carbocycles. The van der Waals surface area contributed by atoms with Crippen LogP contribution in [0.1, 0.15) is 47.9 Å². The minimum absolute atomic E-state index is 0.119. The number of carbonyl (C=O) groups excluding carboxylic acids is 3. The number of amides is 3. The Hall–Kier alpha value is -3.46. The lowest BCUT2D eigenvalue weighted by Gasteiger charge is -2.36. The van der Waals surface area contributed by atoms with Crippen molar-refractivity contribution in [1.82, 2.24) is 9.80 Å². The number of ether oxygens (including phenoxy) is 2. The number of hydrogen-bond acceptors (Lipinski definition) is 5. The fraction of sp³-hybridized carbons (Fsp3) is 0.444. The second kappa shape index (κ2) is 12.0. The Morgan fingerprint density at radius 1 is 1.14 bits per heavy atom. The average Bonchev–Trinajstić information content (AvgIpc) is 2.87. The number of nitrogens with one attached hydrogen (secondary N) is 1. The number of nitrogens with zero attached hydrogens (tertiary/aromatic N) is 2. The molecule has 36 heavy (non-hydrogen) atoms. The molecule has 2 aromatic rings. The molecule has 3 amide bonds. The molecule has 0 aliphatic carbocycles. The topological polar surface area (TPSA) is 88.2 Å². The van der Waals surface area contributed by atoms with Gasteiger partial charge in [0.2, 0.25) is 5.91 Å². The van der Waals surface area contributed by atoms with Crippen LogP contribution in [0, 0.1) is 11.7 Å². The minimum Gasteiger partial charge on any atom is -0.491 e. The van der Waals surface area contributed by atoms with E-state index in [9.17, 15) is 18.8 Å². The van der Waals surface area contributed by atoms with Crippen LogP contribution in [0.25, 0.3) is 0 Å². The van der Waals surface area contributed by atoms with Crippen LogP contribution in [-0.2, 0) is 9.53 Å². The van der Waals surface area contributed by atoms with E-state index in [2.05, 4.69) is 5.32 Å². The minimum atomic E-state index is -0.414. The van der Waals surface area contributed by atoms with E-state index < -0.39 is 5.82 Å². The van der Waals surface area contributed by atoms with Gasteiger partial charge in [-0.15, -0.1) is 0 Å². The maximum atomic E-state index is 13.4. The molecule has 3 rings (SSSR count). The highest BCUT2D eigenvalue weighted by Gasteiger charge is 2.31. The summed E-state index contributed by atoms with van der Waals surface area (Å²) in [5, 5.41) is 2.77. The van der Waals surface area contributed by atoms with Gasteiger partial charge in [-0.25, -0.2) is 4.39 Å². The molecule has 8 nitrogen and oxygen atoms in total. The van der Waals surface area contributed by atoms with E-state index in [1.54, 1.807) is 49.1 Å². The van der Waals surface area contributed by atoms with Crippen molar-refractivity contribution in [2.75, 3.05) is 39.2 Å². The summed E-state index contributed by atoms with van der Waals surface area (Å²) in [5.41, 5.74) is 1.18. The summed E-state index contributed by atoms with van der Waals surface area (Å²) < 4.78 is 25.2. The molecule has 0 spiro atoms. The van der Waals surface area contributed by atoms with E-state index in [4.69, 9.17) is 9.47 Å². The smallest absolute Gasteiger partial charge is 0.257 e. The van der Waals surface area contributed by atoms with Gasteiger partial charge in [-0.3, -0.25) is 14.4 Å². The number of carbonyl (C=O) groups is 3. The largest absolute Gasteiger partial charge is 0.491 e. The van der Waals surface area contributed by atoms with Gasteiger partial charge in [0.1, 0.15) is 18.2 Å². The first-order valence-electron chi connectivity index (χ1n) is 12.1. The molecule has 1 aliphatic heterocycles. The van der Waals surface area contributed by atoms with E-state index in [0.717, 1.165) is 0 Å². The van der Waals surface area contributed by atoms with Crippen LogP contribution in [0.5, 0.6) is 5.75 Å². The summed E-state index contributed by atoms with van der Waals surface area (Å²) in [6.45, 7) is 6.35. The van der Waals surface area contributed by atoms with Crippen LogP contribution in [0.15, 0.2) is 42.5 Å². The number of halogens is 1. The van der Waals surface area contributed by atoms with E-state index >= 15 is 0 Å². The summed E-state index contributed by atoms with van der Waals surface area (Å²) in [7, 11) is 3.26. The standard InChI is InChI=1S/C27H34FN3O5/c1-6-25(32)29-21-11-12-23-22(13-21)27(34)30(4)15-24(35-5)17(2)14-31(18(3)16-36-23)26(33)19-7-9-20(28)10-8-19/h7-13,17-18,24H,6,14-16H2,1-5H3,(H,29,32)/t17-,18-,24+/m1/s1. The van der Waals surface area contributed by atoms with Gasteiger partial charge in [-0.05, 0) is 49.4 Å². The van der Waals surface area contributed by atoms with Crippen molar-refractivity contribution in [3.05, 3.63) is 59.4 Å². The lowest BCUT2D eigenvalue weighted by atomic mass is 10.0. The van der Waals surface area contributed by atoms with Gasteiger partial charge in [0, 0.05) is 50.8 Å². The Morgan fingerprint density at radius 2 is 1.83 bits per heavy atom. The fourth-order valence-corrected chi connectivity index (χ4v) is 4.14. The van der Waals surface area contributed by atoms with Crippen molar-refractivity contribution < 1.29 is 28.2 Å². The molecule has 0 bridgehead atoms. The van der Waals surface area contributed by atoms with E-state index in [1.807, 2.05) is 13.8 Å². The van der Waals surface area contributed by atoms with Crippen LogP contribution >= 0.6 is 0 Å². The summed E-state index contributed by atoms with van der Waals surface area (Å²) in [6.07, 6.45) is -0.0361. The maximum absolute atomic E-state index is 13.4.